The van der Waals surface area contributed by atoms with E-state index >= 15 is 0 Å². The molecule has 21 heavy (non-hydrogen) atoms. The van der Waals surface area contributed by atoms with Gasteiger partial charge in [-0.2, -0.15) is 0 Å². The van der Waals surface area contributed by atoms with Crippen molar-refractivity contribution in [2.75, 3.05) is 0 Å². The highest BCUT2D eigenvalue weighted by Gasteiger charge is 2.26. The van der Waals surface area contributed by atoms with Crippen molar-refractivity contribution in [3.05, 3.63) is 12.7 Å². The Bertz CT molecular complexity index is 257. The van der Waals surface area contributed by atoms with Crippen molar-refractivity contribution < 1.29 is 4.79 Å². The van der Waals surface area contributed by atoms with E-state index in [1.54, 1.807) is 0 Å². The first kappa shape index (κ1) is 20.2. The predicted molar refractivity (Wildman–Crippen MR) is 93.5 cm³/mol. The molecule has 1 amide bonds. The Labute approximate surface area is 133 Å². The van der Waals surface area contributed by atoms with Crippen molar-refractivity contribution in [2.24, 2.45) is 0 Å². The van der Waals surface area contributed by atoms with Gasteiger partial charge < -0.3 is 4.90 Å². The van der Waals surface area contributed by atoms with Crippen molar-refractivity contribution >= 4 is 5.91 Å². The maximum absolute atomic E-state index is 12.4. The monoisotopic (exact) mass is 295 g/mol. The minimum Gasteiger partial charge on any atom is -0.333 e. The van der Waals surface area contributed by atoms with Crippen LogP contribution < -0.4 is 0 Å². The van der Waals surface area contributed by atoms with E-state index in [1.165, 1.54) is 44.6 Å². The molecule has 0 aromatic heterocycles. The molecule has 0 aliphatic heterocycles. The van der Waals surface area contributed by atoms with Gasteiger partial charge in [-0.15, -0.1) is 0 Å². The molecule has 0 rings (SSSR count). The number of carbonyl (C=O) groups is 1. The number of hydrogen-bond acceptors (Lipinski definition) is 1. The fourth-order valence-electron chi connectivity index (χ4n) is 3.10. The van der Waals surface area contributed by atoms with Crippen LogP contribution in [0.4, 0.5) is 0 Å². The maximum atomic E-state index is 12.4. The SMILES string of the molecule is C=CC(=O)N(C(CC)CCCCC)C(CC)CCCCC. The molecule has 0 fully saturated rings. The number of hydrogen-bond donors (Lipinski definition) is 0. The lowest BCUT2D eigenvalue weighted by molar-refractivity contribution is -0.131. The minimum absolute atomic E-state index is 0.127. The fourth-order valence-corrected chi connectivity index (χ4v) is 3.10. The first-order valence-electron chi connectivity index (χ1n) is 9.10. The van der Waals surface area contributed by atoms with E-state index in [2.05, 4.69) is 39.2 Å². The molecule has 0 saturated carbocycles. The third-order valence-electron chi connectivity index (χ3n) is 4.44. The molecule has 0 aliphatic rings. The summed E-state index contributed by atoms with van der Waals surface area (Å²) in [5.41, 5.74) is 0. The van der Waals surface area contributed by atoms with Gasteiger partial charge in [-0.25, -0.2) is 0 Å². The number of nitrogens with zero attached hydrogens (tertiary/aromatic N) is 1. The molecule has 2 atom stereocenters. The second-order valence-corrected chi connectivity index (χ2v) is 6.07. The van der Waals surface area contributed by atoms with Gasteiger partial charge in [-0.05, 0) is 31.8 Å². The molecule has 0 radical (unpaired) electrons. The second kappa shape index (κ2) is 12.9. The smallest absolute Gasteiger partial charge is 0.246 e. The Hall–Kier alpha value is -0.790. The van der Waals surface area contributed by atoms with Gasteiger partial charge in [0.15, 0.2) is 0 Å². The van der Waals surface area contributed by atoms with Gasteiger partial charge in [0, 0.05) is 12.1 Å². The van der Waals surface area contributed by atoms with Crippen LogP contribution in [0.3, 0.4) is 0 Å². The molecular formula is C19H37NO. The Morgan fingerprint density at radius 3 is 1.62 bits per heavy atom. The van der Waals surface area contributed by atoms with Crippen LogP contribution in [0.5, 0.6) is 0 Å². The van der Waals surface area contributed by atoms with Crippen molar-refractivity contribution in [2.45, 2.75) is 104 Å². The lowest BCUT2D eigenvalue weighted by atomic mass is 9.98. The summed E-state index contributed by atoms with van der Waals surface area (Å²) in [5.74, 6) is 0.127. The topological polar surface area (TPSA) is 20.3 Å². The molecule has 0 saturated heterocycles. The molecule has 2 heteroatoms. The molecule has 0 spiro atoms. The molecule has 0 aromatic carbocycles. The number of amides is 1. The van der Waals surface area contributed by atoms with Gasteiger partial charge in [0.25, 0.3) is 0 Å². The van der Waals surface area contributed by atoms with Gasteiger partial charge in [0.05, 0.1) is 0 Å². The van der Waals surface area contributed by atoms with Crippen LogP contribution in [-0.2, 0) is 4.79 Å². The number of carbonyl (C=O) groups excluding carboxylic acids is 1. The summed E-state index contributed by atoms with van der Waals surface area (Å²) < 4.78 is 0. The van der Waals surface area contributed by atoms with E-state index in [0.29, 0.717) is 12.1 Å². The summed E-state index contributed by atoms with van der Waals surface area (Å²) in [7, 11) is 0. The third-order valence-corrected chi connectivity index (χ3v) is 4.44. The quantitative estimate of drug-likeness (QED) is 0.314. The summed E-state index contributed by atoms with van der Waals surface area (Å²) in [6, 6.07) is 0.766. The number of rotatable bonds is 13. The van der Waals surface area contributed by atoms with E-state index < -0.39 is 0 Å². The summed E-state index contributed by atoms with van der Waals surface area (Å²) in [4.78, 5) is 14.5. The van der Waals surface area contributed by atoms with Crippen LogP contribution in [0.15, 0.2) is 12.7 Å². The molecule has 2 unspecified atom stereocenters. The van der Waals surface area contributed by atoms with Gasteiger partial charge in [-0.3, -0.25) is 4.79 Å². The van der Waals surface area contributed by atoms with Gasteiger partial charge in [0.2, 0.25) is 5.91 Å². The highest BCUT2D eigenvalue weighted by molar-refractivity contribution is 5.87. The lowest BCUT2D eigenvalue weighted by Crippen LogP contribution is -2.46. The largest absolute Gasteiger partial charge is 0.333 e. The zero-order valence-electron chi connectivity index (χ0n) is 14.9. The maximum Gasteiger partial charge on any atom is 0.246 e. The van der Waals surface area contributed by atoms with Gasteiger partial charge in [-0.1, -0.05) is 72.8 Å². The van der Waals surface area contributed by atoms with Gasteiger partial charge >= 0.3 is 0 Å². The Balaban J connectivity index is 4.84. The predicted octanol–water partition coefficient (Wildman–Crippen LogP) is 5.72. The van der Waals surface area contributed by atoms with E-state index in [4.69, 9.17) is 0 Å². The summed E-state index contributed by atoms with van der Waals surface area (Å²) >= 11 is 0. The van der Waals surface area contributed by atoms with Crippen LogP contribution in [0.2, 0.25) is 0 Å². The molecule has 0 N–H and O–H groups in total. The van der Waals surface area contributed by atoms with Crippen LogP contribution in [0, 0.1) is 0 Å². The normalized spacial score (nSPS) is 13.7. The zero-order valence-corrected chi connectivity index (χ0v) is 14.9. The number of unbranched alkanes of at least 4 members (excludes halogenated alkanes) is 4. The molecule has 0 aromatic rings. The standard InChI is InChI=1S/C19H37NO/c1-6-11-13-15-17(8-3)20(19(21)10-5)18(9-4)16-14-12-7-2/h10,17-18H,5-9,11-16H2,1-4H3. The Kier molecular flexibility index (Phi) is 12.4. The zero-order chi connectivity index (χ0) is 16.1. The highest BCUT2D eigenvalue weighted by Crippen LogP contribution is 2.22. The average Bonchev–Trinajstić information content (AvgIpc) is 2.51. The molecule has 124 valence electrons. The molecule has 2 nitrogen and oxygen atoms in total. The van der Waals surface area contributed by atoms with Crippen LogP contribution >= 0.6 is 0 Å². The average molecular weight is 296 g/mol. The van der Waals surface area contributed by atoms with Crippen LogP contribution in [-0.4, -0.2) is 22.9 Å². The third kappa shape index (κ3) is 7.68. The minimum atomic E-state index is 0.127. The Morgan fingerprint density at radius 2 is 1.33 bits per heavy atom. The Morgan fingerprint density at radius 1 is 0.905 bits per heavy atom. The van der Waals surface area contributed by atoms with E-state index in [9.17, 15) is 4.79 Å². The molecule has 0 bridgehead atoms. The highest BCUT2D eigenvalue weighted by atomic mass is 16.2. The molecule has 0 aliphatic carbocycles. The molecular weight excluding hydrogens is 258 g/mol. The van der Waals surface area contributed by atoms with E-state index in [1.807, 2.05) is 0 Å². The van der Waals surface area contributed by atoms with Gasteiger partial charge in [0.1, 0.15) is 0 Å². The van der Waals surface area contributed by atoms with E-state index in [-0.39, 0.29) is 5.91 Å². The van der Waals surface area contributed by atoms with Crippen LogP contribution in [0.25, 0.3) is 0 Å². The summed E-state index contributed by atoms with van der Waals surface area (Å²) in [6.07, 6.45) is 13.3. The van der Waals surface area contributed by atoms with Crippen molar-refractivity contribution in [3.63, 3.8) is 0 Å². The summed E-state index contributed by atoms with van der Waals surface area (Å²) in [6.45, 7) is 12.6. The molecule has 0 heterocycles. The first-order chi connectivity index (χ1) is 10.2. The van der Waals surface area contributed by atoms with Crippen molar-refractivity contribution in [1.29, 1.82) is 0 Å². The van der Waals surface area contributed by atoms with E-state index in [0.717, 1.165) is 25.7 Å². The van der Waals surface area contributed by atoms with Crippen molar-refractivity contribution in [1.82, 2.24) is 4.90 Å². The second-order valence-electron chi connectivity index (χ2n) is 6.07. The van der Waals surface area contributed by atoms with Crippen LogP contribution in [0.1, 0.15) is 91.9 Å². The lowest BCUT2D eigenvalue weighted by Gasteiger charge is -2.37. The fraction of sp³-hybridized carbons (Fsp3) is 0.842. The van der Waals surface area contributed by atoms with Crippen molar-refractivity contribution in [3.8, 4) is 0 Å². The summed E-state index contributed by atoms with van der Waals surface area (Å²) in [5, 5.41) is 0. The first-order valence-corrected chi connectivity index (χ1v) is 9.10.